The van der Waals surface area contributed by atoms with Crippen molar-refractivity contribution < 1.29 is 9.53 Å². The Labute approximate surface area is 161 Å². The summed E-state index contributed by atoms with van der Waals surface area (Å²) in [4.78, 5) is 15.2. The summed E-state index contributed by atoms with van der Waals surface area (Å²) in [7, 11) is 2.20. The molecule has 4 heteroatoms. The maximum atomic E-state index is 12.8. The van der Waals surface area contributed by atoms with Gasteiger partial charge in [-0.3, -0.25) is 9.69 Å². The van der Waals surface area contributed by atoms with Crippen molar-refractivity contribution in [1.29, 1.82) is 0 Å². The molecule has 2 aromatic rings. The summed E-state index contributed by atoms with van der Waals surface area (Å²) in [5, 5.41) is 3.12. The number of rotatable bonds is 5. The predicted molar refractivity (Wildman–Crippen MR) is 108 cm³/mol. The maximum Gasteiger partial charge on any atom is 0.255 e. The number of amides is 1. The molecule has 0 radical (unpaired) electrons. The molecule has 1 amide bonds. The lowest BCUT2D eigenvalue weighted by Gasteiger charge is -2.31. The minimum absolute atomic E-state index is 0.0579. The molecule has 1 heterocycles. The van der Waals surface area contributed by atoms with Crippen LogP contribution < -0.4 is 10.1 Å². The van der Waals surface area contributed by atoms with Gasteiger partial charge in [0.2, 0.25) is 0 Å². The Bertz CT molecular complexity index is 812. The number of benzene rings is 2. The van der Waals surface area contributed by atoms with Crippen molar-refractivity contribution in [2.24, 2.45) is 0 Å². The molecule has 0 bridgehead atoms. The summed E-state index contributed by atoms with van der Waals surface area (Å²) in [5.74, 6) is 0.846. The summed E-state index contributed by atoms with van der Waals surface area (Å²) < 4.78 is 5.53. The number of fused-ring (bicyclic) bond motifs is 1. The normalized spacial score (nSPS) is 16.8. The molecule has 0 aromatic heterocycles. The lowest BCUT2D eigenvalue weighted by atomic mass is 9.94. The number of nitrogens with zero attached hydrogens (tertiary/aromatic N) is 1. The first kappa shape index (κ1) is 18.1. The van der Waals surface area contributed by atoms with Gasteiger partial charge in [0.15, 0.2) is 0 Å². The van der Waals surface area contributed by atoms with E-state index in [0.29, 0.717) is 18.2 Å². The molecule has 27 heavy (non-hydrogen) atoms. The Morgan fingerprint density at radius 2 is 1.96 bits per heavy atom. The van der Waals surface area contributed by atoms with E-state index in [0.717, 1.165) is 30.0 Å². The second-order valence-corrected chi connectivity index (χ2v) is 7.74. The monoisotopic (exact) mass is 364 g/mol. The highest BCUT2D eigenvalue weighted by atomic mass is 16.5. The third kappa shape index (κ3) is 4.16. The van der Waals surface area contributed by atoms with Gasteiger partial charge in [0.05, 0.1) is 6.61 Å². The van der Waals surface area contributed by atoms with E-state index in [4.69, 9.17) is 4.74 Å². The number of nitrogens with one attached hydrogen (secondary N) is 1. The Balaban J connectivity index is 1.46. The zero-order valence-electron chi connectivity index (χ0n) is 16.0. The van der Waals surface area contributed by atoms with Crippen molar-refractivity contribution in [3.8, 4) is 5.75 Å². The molecule has 4 nitrogen and oxygen atoms in total. The highest BCUT2D eigenvalue weighted by molar-refractivity contribution is 6.04. The van der Waals surface area contributed by atoms with Crippen LogP contribution in [0.2, 0.25) is 0 Å². The molecular weight excluding hydrogens is 336 g/mol. The summed E-state index contributed by atoms with van der Waals surface area (Å²) in [6, 6.07) is 14.5. The molecule has 1 fully saturated rings. The van der Waals surface area contributed by atoms with Crippen LogP contribution in [0.4, 0.5) is 5.69 Å². The fourth-order valence-electron chi connectivity index (χ4n) is 4.22. The molecule has 0 spiro atoms. The van der Waals surface area contributed by atoms with Crippen molar-refractivity contribution in [2.75, 3.05) is 19.0 Å². The van der Waals surface area contributed by atoms with Gasteiger partial charge in [0, 0.05) is 30.3 Å². The Morgan fingerprint density at radius 3 is 2.81 bits per heavy atom. The first-order chi connectivity index (χ1) is 13.2. The highest BCUT2D eigenvalue weighted by Crippen LogP contribution is 2.27. The SMILES string of the molecule is CN(Cc1ccccc1NC(=O)c1ccc2c(c1)CCO2)C1CCCCC1. The first-order valence-electron chi connectivity index (χ1n) is 10.1. The van der Waals surface area contributed by atoms with Crippen LogP contribution in [0.15, 0.2) is 42.5 Å². The van der Waals surface area contributed by atoms with E-state index in [1.54, 1.807) is 0 Å². The summed E-state index contributed by atoms with van der Waals surface area (Å²) in [6.45, 7) is 1.57. The van der Waals surface area contributed by atoms with Crippen LogP contribution in [0, 0.1) is 0 Å². The Hall–Kier alpha value is -2.33. The summed E-state index contributed by atoms with van der Waals surface area (Å²) >= 11 is 0. The topological polar surface area (TPSA) is 41.6 Å². The highest BCUT2D eigenvalue weighted by Gasteiger charge is 2.20. The predicted octanol–water partition coefficient (Wildman–Crippen LogP) is 4.64. The Kier molecular flexibility index (Phi) is 5.44. The Morgan fingerprint density at radius 1 is 1.15 bits per heavy atom. The number of ether oxygens (including phenoxy) is 1. The largest absolute Gasteiger partial charge is 0.493 e. The van der Waals surface area contributed by atoms with E-state index in [2.05, 4.69) is 23.3 Å². The van der Waals surface area contributed by atoms with Crippen molar-refractivity contribution >= 4 is 11.6 Å². The second kappa shape index (κ2) is 8.13. The summed E-state index contributed by atoms with van der Waals surface area (Å²) in [5.41, 5.74) is 3.88. The van der Waals surface area contributed by atoms with Crippen molar-refractivity contribution in [3.05, 3.63) is 59.2 Å². The number of hydrogen-bond donors (Lipinski definition) is 1. The molecule has 142 valence electrons. The van der Waals surface area contributed by atoms with E-state index >= 15 is 0 Å². The fourth-order valence-corrected chi connectivity index (χ4v) is 4.22. The molecule has 1 N–H and O–H groups in total. The molecule has 2 aliphatic rings. The first-order valence-corrected chi connectivity index (χ1v) is 10.1. The second-order valence-electron chi connectivity index (χ2n) is 7.74. The third-order valence-corrected chi connectivity index (χ3v) is 5.83. The van der Waals surface area contributed by atoms with E-state index in [1.807, 2.05) is 36.4 Å². The molecule has 0 saturated heterocycles. The molecule has 0 atom stereocenters. The minimum atomic E-state index is -0.0579. The number of para-hydroxylation sites is 1. The van der Waals surface area contributed by atoms with Crippen molar-refractivity contribution in [3.63, 3.8) is 0 Å². The van der Waals surface area contributed by atoms with Gasteiger partial charge in [0.25, 0.3) is 5.91 Å². The number of anilines is 1. The van der Waals surface area contributed by atoms with Crippen LogP contribution in [0.25, 0.3) is 0 Å². The van der Waals surface area contributed by atoms with Gasteiger partial charge in [-0.05, 0) is 55.3 Å². The van der Waals surface area contributed by atoms with Crippen molar-refractivity contribution in [2.45, 2.75) is 51.1 Å². The molecular formula is C23H28N2O2. The van der Waals surface area contributed by atoms with Gasteiger partial charge in [-0.2, -0.15) is 0 Å². The average Bonchev–Trinajstić information content (AvgIpc) is 3.18. The summed E-state index contributed by atoms with van der Waals surface area (Å²) in [6.07, 6.45) is 7.46. The zero-order chi connectivity index (χ0) is 18.6. The lowest BCUT2D eigenvalue weighted by Crippen LogP contribution is -2.33. The molecule has 1 saturated carbocycles. The van der Waals surface area contributed by atoms with Gasteiger partial charge in [-0.25, -0.2) is 0 Å². The molecule has 1 aliphatic heterocycles. The smallest absolute Gasteiger partial charge is 0.255 e. The number of hydrogen-bond acceptors (Lipinski definition) is 3. The minimum Gasteiger partial charge on any atom is -0.493 e. The maximum absolute atomic E-state index is 12.8. The van der Waals surface area contributed by atoms with Gasteiger partial charge in [0.1, 0.15) is 5.75 Å². The van der Waals surface area contributed by atoms with Crippen LogP contribution in [0.5, 0.6) is 5.75 Å². The van der Waals surface area contributed by atoms with Crippen LogP contribution in [0.1, 0.15) is 53.6 Å². The van der Waals surface area contributed by atoms with E-state index in [-0.39, 0.29) is 5.91 Å². The fraction of sp³-hybridized carbons (Fsp3) is 0.435. The van der Waals surface area contributed by atoms with Crippen LogP contribution in [-0.2, 0) is 13.0 Å². The van der Waals surface area contributed by atoms with Gasteiger partial charge in [-0.15, -0.1) is 0 Å². The van der Waals surface area contributed by atoms with E-state index in [1.165, 1.54) is 37.7 Å². The number of carbonyl (C=O) groups excluding carboxylic acids is 1. The molecule has 2 aromatic carbocycles. The average molecular weight is 364 g/mol. The van der Waals surface area contributed by atoms with E-state index in [9.17, 15) is 4.79 Å². The molecule has 0 unspecified atom stereocenters. The molecule has 4 rings (SSSR count). The third-order valence-electron chi connectivity index (χ3n) is 5.83. The van der Waals surface area contributed by atoms with Crippen LogP contribution in [-0.4, -0.2) is 30.5 Å². The van der Waals surface area contributed by atoms with Crippen molar-refractivity contribution in [1.82, 2.24) is 4.90 Å². The number of carbonyl (C=O) groups is 1. The van der Waals surface area contributed by atoms with E-state index < -0.39 is 0 Å². The molecule has 1 aliphatic carbocycles. The van der Waals surface area contributed by atoms with Gasteiger partial charge >= 0.3 is 0 Å². The zero-order valence-corrected chi connectivity index (χ0v) is 16.0. The van der Waals surface area contributed by atoms with Gasteiger partial charge < -0.3 is 10.1 Å². The van der Waals surface area contributed by atoms with Gasteiger partial charge in [-0.1, -0.05) is 37.5 Å². The standard InChI is InChI=1S/C23H28N2O2/c1-25(20-8-3-2-4-9-20)16-19-7-5-6-10-21(19)24-23(26)18-11-12-22-17(15-18)13-14-27-22/h5-7,10-12,15,20H,2-4,8-9,13-14,16H2,1H3,(H,24,26). The van der Waals surface area contributed by atoms with Crippen LogP contribution in [0.3, 0.4) is 0 Å². The van der Waals surface area contributed by atoms with Crippen LogP contribution >= 0.6 is 0 Å². The lowest BCUT2D eigenvalue weighted by molar-refractivity contribution is 0.102. The quantitative estimate of drug-likeness (QED) is 0.840.